The second-order valence-electron chi connectivity index (χ2n) is 2.47. The molecule has 0 aliphatic heterocycles. The number of carbonyl (C=O) groups excluding carboxylic acids is 1. The topological polar surface area (TPSA) is 55.6 Å². The van der Waals surface area contributed by atoms with E-state index < -0.39 is 6.03 Å². The van der Waals surface area contributed by atoms with Crippen molar-refractivity contribution in [2.75, 3.05) is 11.4 Å². The Kier molecular flexibility index (Phi) is 3.49. The Morgan fingerprint density at radius 2 is 2.29 bits per heavy atom. The van der Waals surface area contributed by atoms with Crippen LogP contribution in [-0.4, -0.2) is 13.1 Å². The molecule has 0 aromatic heterocycles. The van der Waals surface area contributed by atoms with Gasteiger partial charge in [-0.3, -0.25) is 0 Å². The minimum atomic E-state index is -0.669. The molecule has 0 saturated heterocycles. The van der Waals surface area contributed by atoms with E-state index in [-0.39, 0.29) is 0 Å². The van der Waals surface area contributed by atoms with Crippen molar-refractivity contribution < 1.29 is 9.53 Å². The number of thiol groups is 1. The fourth-order valence-electron chi connectivity index (χ4n) is 0.907. The summed E-state index contributed by atoms with van der Waals surface area (Å²) in [5.74, 6) is 0.462. The van der Waals surface area contributed by atoms with Gasteiger partial charge in [-0.1, -0.05) is 24.4 Å². The van der Waals surface area contributed by atoms with Crippen LogP contribution in [0.4, 0.5) is 10.5 Å². The SMILES string of the molecule is COc1cc(N(S)C(N)=O)ccc1Cl. The van der Waals surface area contributed by atoms with Gasteiger partial charge in [0.2, 0.25) is 0 Å². The van der Waals surface area contributed by atoms with Crippen molar-refractivity contribution in [3.05, 3.63) is 23.2 Å². The molecule has 0 heterocycles. The van der Waals surface area contributed by atoms with Crippen LogP contribution in [0.1, 0.15) is 0 Å². The lowest BCUT2D eigenvalue weighted by atomic mass is 10.3. The van der Waals surface area contributed by atoms with E-state index in [2.05, 4.69) is 12.8 Å². The number of nitrogens with zero attached hydrogens (tertiary/aromatic N) is 1. The molecule has 1 aromatic carbocycles. The first-order valence-electron chi connectivity index (χ1n) is 3.68. The van der Waals surface area contributed by atoms with Gasteiger partial charge in [0.15, 0.2) is 0 Å². The van der Waals surface area contributed by atoms with E-state index in [1.165, 1.54) is 7.11 Å². The molecule has 1 rings (SSSR count). The minimum absolute atomic E-state index is 0.461. The molecule has 0 bridgehead atoms. The third kappa shape index (κ3) is 2.24. The molecule has 4 nitrogen and oxygen atoms in total. The number of anilines is 1. The Morgan fingerprint density at radius 1 is 1.64 bits per heavy atom. The monoisotopic (exact) mass is 232 g/mol. The fourth-order valence-corrected chi connectivity index (χ4v) is 1.23. The van der Waals surface area contributed by atoms with Crippen LogP contribution in [0.25, 0.3) is 0 Å². The van der Waals surface area contributed by atoms with Gasteiger partial charge in [-0.05, 0) is 12.1 Å². The first kappa shape index (κ1) is 11.0. The molecule has 2 amide bonds. The quantitative estimate of drug-likeness (QED) is 0.767. The summed E-state index contributed by atoms with van der Waals surface area (Å²) in [6, 6.07) is 4.11. The molecule has 14 heavy (non-hydrogen) atoms. The Bertz CT molecular complexity index is 359. The van der Waals surface area contributed by atoms with Crippen LogP contribution in [0.3, 0.4) is 0 Å². The molecule has 2 N–H and O–H groups in total. The molecule has 0 saturated carbocycles. The highest BCUT2D eigenvalue weighted by Gasteiger charge is 2.10. The van der Waals surface area contributed by atoms with Crippen LogP contribution in [0.2, 0.25) is 5.02 Å². The van der Waals surface area contributed by atoms with Crippen LogP contribution < -0.4 is 14.8 Å². The molecular weight excluding hydrogens is 224 g/mol. The summed E-state index contributed by atoms with van der Waals surface area (Å²) in [5.41, 5.74) is 5.54. The van der Waals surface area contributed by atoms with Crippen molar-refractivity contribution in [1.82, 2.24) is 0 Å². The smallest absolute Gasteiger partial charge is 0.329 e. The van der Waals surface area contributed by atoms with Crippen molar-refractivity contribution in [1.29, 1.82) is 0 Å². The number of primary amides is 1. The second-order valence-corrected chi connectivity index (χ2v) is 3.28. The zero-order chi connectivity index (χ0) is 10.7. The predicted octanol–water partition coefficient (Wildman–Crippen LogP) is 2.08. The molecule has 6 heteroatoms. The molecular formula is C8H9ClN2O2S. The highest BCUT2D eigenvalue weighted by Crippen LogP contribution is 2.29. The minimum Gasteiger partial charge on any atom is -0.495 e. The highest BCUT2D eigenvalue weighted by molar-refractivity contribution is 7.82. The first-order valence-corrected chi connectivity index (χ1v) is 4.46. The van der Waals surface area contributed by atoms with Gasteiger partial charge in [0.1, 0.15) is 5.75 Å². The molecule has 0 radical (unpaired) electrons. The number of nitrogens with two attached hydrogens (primary N) is 1. The summed E-state index contributed by atoms with van der Waals surface area (Å²) in [5, 5.41) is 0.461. The maximum atomic E-state index is 10.8. The Balaban J connectivity index is 3.06. The number of carbonyl (C=O) groups is 1. The number of hydrogen-bond acceptors (Lipinski definition) is 3. The van der Waals surface area contributed by atoms with E-state index in [0.29, 0.717) is 16.5 Å². The van der Waals surface area contributed by atoms with Gasteiger partial charge in [-0.25, -0.2) is 9.10 Å². The molecule has 0 fully saturated rings. The summed E-state index contributed by atoms with van der Waals surface area (Å²) in [4.78, 5) is 10.8. The number of ether oxygens (including phenoxy) is 1. The van der Waals surface area contributed by atoms with E-state index >= 15 is 0 Å². The van der Waals surface area contributed by atoms with Gasteiger partial charge in [0.25, 0.3) is 0 Å². The van der Waals surface area contributed by atoms with Crippen LogP contribution >= 0.6 is 24.4 Å². The van der Waals surface area contributed by atoms with Crippen molar-refractivity contribution >= 4 is 36.1 Å². The highest BCUT2D eigenvalue weighted by atomic mass is 35.5. The summed E-state index contributed by atoms with van der Waals surface area (Å²) >= 11 is 9.69. The van der Waals surface area contributed by atoms with Crippen LogP contribution in [0.5, 0.6) is 5.75 Å². The van der Waals surface area contributed by atoms with E-state index in [4.69, 9.17) is 22.1 Å². The van der Waals surface area contributed by atoms with Gasteiger partial charge in [0.05, 0.1) is 17.8 Å². The average molecular weight is 233 g/mol. The number of amides is 2. The number of halogens is 1. The van der Waals surface area contributed by atoms with E-state index in [1.54, 1.807) is 18.2 Å². The van der Waals surface area contributed by atoms with Crippen molar-refractivity contribution in [3.63, 3.8) is 0 Å². The Hall–Kier alpha value is -1.07. The maximum Gasteiger partial charge on any atom is 0.329 e. The van der Waals surface area contributed by atoms with Crippen LogP contribution in [0, 0.1) is 0 Å². The van der Waals surface area contributed by atoms with Crippen LogP contribution in [0.15, 0.2) is 18.2 Å². The largest absolute Gasteiger partial charge is 0.495 e. The maximum absolute atomic E-state index is 10.8. The summed E-state index contributed by atoms with van der Waals surface area (Å²) in [6.45, 7) is 0. The second kappa shape index (κ2) is 4.43. The average Bonchev–Trinajstić information content (AvgIpc) is 2.17. The standard InChI is InChI=1S/C8H9ClN2O2S/c1-13-7-4-5(2-3-6(7)9)11(14)8(10)12/h2-4,14H,1H3,(H2,10,12). The number of methoxy groups -OCH3 is 1. The van der Waals surface area contributed by atoms with Crippen molar-refractivity contribution in [2.24, 2.45) is 5.73 Å². The normalized spacial score (nSPS) is 9.64. The predicted molar refractivity (Wildman–Crippen MR) is 59.1 cm³/mol. The third-order valence-corrected chi connectivity index (χ3v) is 2.33. The zero-order valence-electron chi connectivity index (χ0n) is 7.40. The Morgan fingerprint density at radius 3 is 2.79 bits per heavy atom. The zero-order valence-corrected chi connectivity index (χ0v) is 9.05. The molecule has 0 spiro atoms. The van der Waals surface area contributed by atoms with Crippen LogP contribution in [-0.2, 0) is 0 Å². The van der Waals surface area contributed by atoms with E-state index in [9.17, 15) is 4.79 Å². The number of urea groups is 1. The molecule has 0 atom stereocenters. The van der Waals surface area contributed by atoms with Crippen molar-refractivity contribution in [2.45, 2.75) is 0 Å². The molecule has 0 unspecified atom stereocenters. The van der Waals surface area contributed by atoms with Crippen molar-refractivity contribution in [3.8, 4) is 5.75 Å². The summed E-state index contributed by atoms with van der Waals surface area (Å²) in [7, 11) is 1.48. The molecule has 0 aliphatic rings. The molecule has 0 aliphatic carbocycles. The lowest BCUT2D eigenvalue weighted by Crippen LogP contribution is -2.27. The van der Waals surface area contributed by atoms with Gasteiger partial charge >= 0.3 is 6.03 Å². The Labute approximate surface area is 92.1 Å². The summed E-state index contributed by atoms with van der Waals surface area (Å²) < 4.78 is 5.97. The lowest BCUT2D eigenvalue weighted by Gasteiger charge is -2.13. The lowest BCUT2D eigenvalue weighted by molar-refractivity contribution is 0.257. The van der Waals surface area contributed by atoms with E-state index in [0.717, 1.165) is 4.31 Å². The molecule has 1 aromatic rings. The van der Waals surface area contributed by atoms with Gasteiger partial charge < -0.3 is 10.5 Å². The number of benzene rings is 1. The first-order chi connectivity index (χ1) is 6.56. The summed E-state index contributed by atoms with van der Waals surface area (Å²) in [6.07, 6.45) is 0. The van der Waals surface area contributed by atoms with Gasteiger partial charge in [-0.15, -0.1) is 0 Å². The molecule has 76 valence electrons. The van der Waals surface area contributed by atoms with E-state index in [1.807, 2.05) is 0 Å². The number of hydrogen-bond donors (Lipinski definition) is 2. The van der Waals surface area contributed by atoms with Gasteiger partial charge in [0, 0.05) is 6.07 Å². The fraction of sp³-hybridized carbons (Fsp3) is 0.125. The van der Waals surface area contributed by atoms with Gasteiger partial charge in [-0.2, -0.15) is 0 Å². The third-order valence-electron chi connectivity index (χ3n) is 1.59. The number of rotatable bonds is 2.